The van der Waals surface area contributed by atoms with Crippen molar-refractivity contribution in [2.45, 2.75) is 84.2 Å². The molecular weight excluding hydrogens is 244 g/mol. The number of nitrogens with one attached hydrogen (secondary N) is 1. The van der Waals surface area contributed by atoms with Crippen molar-refractivity contribution >= 4 is 0 Å². The fourth-order valence-corrected chi connectivity index (χ4v) is 4.15. The van der Waals surface area contributed by atoms with Crippen molar-refractivity contribution in [3.63, 3.8) is 0 Å². The molecule has 1 heterocycles. The Morgan fingerprint density at radius 2 is 1.80 bits per heavy atom. The second-order valence-electron chi connectivity index (χ2n) is 7.44. The maximum atomic E-state index is 3.98. The predicted molar refractivity (Wildman–Crippen MR) is 88.1 cm³/mol. The summed E-state index contributed by atoms with van der Waals surface area (Å²) in [5, 5.41) is 3.98. The van der Waals surface area contributed by atoms with E-state index in [0.717, 1.165) is 23.9 Å². The Bertz CT molecular complexity index is 258. The monoisotopic (exact) mass is 280 g/mol. The van der Waals surface area contributed by atoms with Crippen molar-refractivity contribution in [1.29, 1.82) is 0 Å². The first kappa shape index (κ1) is 16.3. The minimum Gasteiger partial charge on any atom is -0.311 e. The summed E-state index contributed by atoms with van der Waals surface area (Å²) in [5.74, 6) is 1.86. The molecule has 0 aromatic carbocycles. The van der Waals surface area contributed by atoms with Crippen LogP contribution in [0, 0.1) is 11.8 Å². The Morgan fingerprint density at radius 1 is 1.05 bits per heavy atom. The first-order valence-corrected chi connectivity index (χ1v) is 9.17. The standard InChI is InChI=1S/C18H36N2/c1-4-12-20-13-10-17(11-14-20)16(3)19-18-7-5-6-15(2)8-9-18/h15-19H,4-14H2,1-3H3. The summed E-state index contributed by atoms with van der Waals surface area (Å²) < 4.78 is 0. The van der Waals surface area contributed by atoms with Gasteiger partial charge in [0.05, 0.1) is 0 Å². The van der Waals surface area contributed by atoms with E-state index >= 15 is 0 Å². The van der Waals surface area contributed by atoms with Crippen molar-refractivity contribution in [2.24, 2.45) is 11.8 Å². The highest BCUT2D eigenvalue weighted by Crippen LogP contribution is 2.25. The van der Waals surface area contributed by atoms with Crippen molar-refractivity contribution in [2.75, 3.05) is 19.6 Å². The molecule has 2 heteroatoms. The van der Waals surface area contributed by atoms with E-state index < -0.39 is 0 Å². The van der Waals surface area contributed by atoms with Crippen molar-refractivity contribution in [3.8, 4) is 0 Å². The molecule has 0 bridgehead atoms. The molecule has 0 spiro atoms. The molecule has 1 saturated heterocycles. The largest absolute Gasteiger partial charge is 0.311 e. The van der Waals surface area contributed by atoms with Gasteiger partial charge in [0.25, 0.3) is 0 Å². The van der Waals surface area contributed by atoms with Crippen LogP contribution in [0.4, 0.5) is 0 Å². The lowest BCUT2D eigenvalue weighted by Crippen LogP contribution is -2.45. The van der Waals surface area contributed by atoms with Gasteiger partial charge in [-0.15, -0.1) is 0 Å². The van der Waals surface area contributed by atoms with Crippen LogP contribution in [-0.2, 0) is 0 Å². The molecule has 20 heavy (non-hydrogen) atoms. The van der Waals surface area contributed by atoms with Crippen LogP contribution in [-0.4, -0.2) is 36.6 Å². The van der Waals surface area contributed by atoms with Crippen LogP contribution in [0.2, 0.25) is 0 Å². The van der Waals surface area contributed by atoms with Crippen molar-refractivity contribution in [1.82, 2.24) is 10.2 Å². The SMILES string of the molecule is CCCN1CCC(C(C)NC2CCCC(C)CC2)CC1. The minimum atomic E-state index is 0.720. The highest BCUT2D eigenvalue weighted by Gasteiger charge is 2.25. The van der Waals surface area contributed by atoms with Gasteiger partial charge in [0.2, 0.25) is 0 Å². The summed E-state index contributed by atoms with van der Waals surface area (Å²) in [6, 6.07) is 1.51. The van der Waals surface area contributed by atoms with Gasteiger partial charge < -0.3 is 10.2 Å². The van der Waals surface area contributed by atoms with Crippen LogP contribution in [0.5, 0.6) is 0 Å². The molecule has 0 amide bonds. The van der Waals surface area contributed by atoms with E-state index in [1.165, 1.54) is 71.0 Å². The molecule has 118 valence electrons. The van der Waals surface area contributed by atoms with Gasteiger partial charge in [0.1, 0.15) is 0 Å². The lowest BCUT2D eigenvalue weighted by molar-refractivity contribution is 0.157. The van der Waals surface area contributed by atoms with Gasteiger partial charge in [-0.1, -0.05) is 26.7 Å². The van der Waals surface area contributed by atoms with E-state index in [1.807, 2.05) is 0 Å². The van der Waals surface area contributed by atoms with Crippen LogP contribution in [0.1, 0.15) is 72.1 Å². The maximum absolute atomic E-state index is 3.98. The smallest absolute Gasteiger partial charge is 0.00705 e. The number of likely N-dealkylation sites (tertiary alicyclic amines) is 1. The number of nitrogens with zero attached hydrogens (tertiary/aromatic N) is 1. The lowest BCUT2D eigenvalue weighted by Gasteiger charge is -2.36. The third-order valence-corrected chi connectivity index (χ3v) is 5.64. The van der Waals surface area contributed by atoms with E-state index in [-0.39, 0.29) is 0 Å². The molecule has 2 rings (SSSR count). The Balaban J connectivity index is 1.70. The minimum absolute atomic E-state index is 0.720. The van der Waals surface area contributed by atoms with E-state index in [4.69, 9.17) is 0 Å². The zero-order valence-corrected chi connectivity index (χ0v) is 14.0. The summed E-state index contributed by atoms with van der Waals surface area (Å²) in [6.07, 6.45) is 11.2. The van der Waals surface area contributed by atoms with E-state index in [1.54, 1.807) is 0 Å². The molecule has 0 aromatic rings. The second kappa shape index (κ2) is 8.38. The fraction of sp³-hybridized carbons (Fsp3) is 1.00. The second-order valence-corrected chi connectivity index (χ2v) is 7.44. The number of hydrogen-bond donors (Lipinski definition) is 1. The first-order chi connectivity index (χ1) is 9.69. The molecule has 1 aliphatic carbocycles. The Hall–Kier alpha value is -0.0800. The van der Waals surface area contributed by atoms with Crippen LogP contribution < -0.4 is 5.32 Å². The molecule has 0 aromatic heterocycles. The maximum Gasteiger partial charge on any atom is 0.00705 e. The van der Waals surface area contributed by atoms with Crippen LogP contribution in [0.15, 0.2) is 0 Å². The summed E-state index contributed by atoms with van der Waals surface area (Å²) >= 11 is 0. The zero-order valence-electron chi connectivity index (χ0n) is 14.0. The van der Waals surface area contributed by atoms with Gasteiger partial charge >= 0.3 is 0 Å². The average molecular weight is 280 g/mol. The van der Waals surface area contributed by atoms with Crippen LogP contribution in [0.25, 0.3) is 0 Å². The molecule has 0 radical (unpaired) electrons. The van der Waals surface area contributed by atoms with Crippen molar-refractivity contribution < 1.29 is 0 Å². The highest BCUT2D eigenvalue weighted by molar-refractivity contribution is 4.83. The topological polar surface area (TPSA) is 15.3 Å². The number of rotatable bonds is 5. The summed E-state index contributed by atoms with van der Waals surface area (Å²) in [5.41, 5.74) is 0. The van der Waals surface area contributed by atoms with Gasteiger partial charge in [-0.25, -0.2) is 0 Å². The quantitative estimate of drug-likeness (QED) is 0.764. The van der Waals surface area contributed by atoms with E-state index in [2.05, 4.69) is 31.0 Å². The first-order valence-electron chi connectivity index (χ1n) is 9.17. The molecular formula is C18H36N2. The molecule has 1 aliphatic heterocycles. The third-order valence-electron chi connectivity index (χ3n) is 5.64. The average Bonchev–Trinajstić information content (AvgIpc) is 2.65. The number of hydrogen-bond acceptors (Lipinski definition) is 2. The molecule has 3 unspecified atom stereocenters. The highest BCUT2D eigenvalue weighted by atomic mass is 15.1. The molecule has 2 fully saturated rings. The zero-order chi connectivity index (χ0) is 14.4. The van der Waals surface area contributed by atoms with Crippen LogP contribution in [0.3, 0.4) is 0 Å². The fourth-order valence-electron chi connectivity index (χ4n) is 4.15. The third kappa shape index (κ3) is 5.04. The molecule has 3 atom stereocenters. The van der Waals surface area contributed by atoms with Crippen molar-refractivity contribution in [3.05, 3.63) is 0 Å². The molecule has 1 saturated carbocycles. The number of piperidine rings is 1. The van der Waals surface area contributed by atoms with E-state index in [9.17, 15) is 0 Å². The Morgan fingerprint density at radius 3 is 2.50 bits per heavy atom. The molecule has 1 N–H and O–H groups in total. The summed E-state index contributed by atoms with van der Waals surface area (Å²) in [7, 11) is 0. The van der Waals surface area contributed by atoms with Crippen LogP contribution >= 0.6 is 0 Å². The van der Waals surface area contributed by atoms with Gasteiger partial charge in [0.15, 0.2) is 0 Å². The Labute approximate surface area is 126 Å². The van der Waals surface area contributed by atoms with Gasteiger partial charge in [-0.2, -0.15) is 0 Å². The summed E-state index contributed by atoms with van der Waals surface area (Å²) in [4.78, 5) is 2.65. The normalized spacial score (nSPS) is 31.9. The van der Waals surface area contributed by atoms with Gasteiger partial charge in [-0.3, -0.25) is 0 Å². The van der Waals surface area contributed by atoms with E-state index in [0.29, 0.717) is 0 Å². The molecule has 2 aliphatic rings. The molecule has 2 nitrogen and oxygen atoms in total. The summed E-state index contributed by atoms with van der Waals surface area (Å²) in [6.45, 7) is 11.1. The van der Waals surface area contributed by atoms with Gasteiger partial charge in [-0.05, 0) is 76.9 Å². The Kier molecular flexibility index (Phi) is 6.83. The predicted octanol–water partition coefficient (Wildman–Crippen LogP) is 4.06. The lowest BCUT2D eigenvalue weighted by atomic mass is 9.89. The van der Waals surface area contributed by atoms with Gasteiger partial charge in [0, 0.05) is 12.1 Å².